The molecule has 0 heterocycles. The molecular formula is C10H13FN2O5S. The van der Waals surface area contributed by atoms with Gasteiger partial charge < -0.3 is 5.11 Å². The minimum Gasteiger partial charge on any atom is -0.392 e. The Balaban J connectivity index is 3.27. The van der Waals surface area contributed by atoms with Crippen molar-refractivity contribution in [1.29, 1.82) is 0 Å². The standard InChI is InChI=1S/C10H13FN2O5S/c1-6-3-8(11)9(13(15)16)4-10(6)19(17,18)12-5-7(2)14/h3-4,7,12,14H,5H2,1-2H3/t7-/m0/s1. The van der Waals surface area contributed by atoms with E-state index in [9.17, 15) is 22.9 Å². The van der Waals surface area contributed by atoms with Gasteiger partial charge in [0.1, 0.15) is 0 Å². The lowest BCUT2D eigenvalue weighted by molar-refractivity contribution is -0.387. The van der Waals surface area contributed by atoms with E-state index >= 15 is 0 Å². The van der Waals surface area contributed by atoms with Gasteiger partial charge in [-0.3, -0.25) is 10.1 Å². The highest BCUT2D eigenvalue weighted by Crippen LogP contribution is 2.25. The quantitative estimate of drug-likeness (QED) is 0.613. The third-order valence-corrected chi connectivity index (χ3v) is 3.86. The number of halogens is 1. The average molecular weight is 292 g/mol. The number of sulfonamides is 1. The Morgan fingerprint density at radius 3 is 2.58 bits per heavy atom. The topological polar surface area (TPSA) is 110 Å². The van der Waals surface area contributed by atoms with Crippen LogP contribution >= 0.6 is 0 Å². The van der Waals surface area contributed by atoms with Gasteiger partial charge in [-0.2, -0.15) is 4.39 Å². The Bertz CT molecular complexity index is 600. The number of hydrogen-bond donors (Lipinski definition) is 2. The highest BCUT2D eigenvalue weighted by molar-refractivity contribution is 7.89. The lowest BCUT2D eigenvalue weighted by Crippen LogP contribution is -2.31. The van der Waals surface area contributed by atoms with Crippen LogP contribution in [0.1, 0.15) is 12.5 Å². The molecule has 0 aliphatic carbocycles. The molecule has 0 unspecified atom stereocenters. The van der Waals surface area contributed by atoms with Gasteiger partial charge in [-0.25, -0.2) is 13.1 Å². The molecule has 7 nitrogen and oxygen atoms in total. The van der Waals surface area contributed by atoms with E-state index in [-0.39, 0.29) is 17.0 Å². The molecular weight excluding hydrogens is 279 g/mol. The Labute approximate surface area is 109 Å². The van der Waals surface area contributed by atoms with Crippen molar-refractivity contribution in [2.45, 2.75) is 24.8 Å². The zero-order valence-corrected chi connectivity index (χ0v) is 11.1. The Morgan fingerprint density at radius 2 is 2.11 bits per heavy atom. The third-order valence-electron chi connectivity index (χ3n) is 2.30. The summed E-state index contributed by atoms with van der Waals surface area (Å²) in [5, 5.41) is 19.6. The molecule has 106 valence electrons. The summed E-state index contributed by atoms with van der Waals surface area (Å²) >= 11 is 0. The van der Waals surface area contributed by atoms with Gasteiger partial charge in [0, 0.05) is 12.6 Å². The van der Waals surface area contributed by atoms with Gasteiger partial charge >= 0.3 is 5.69 Å². The summed E-state index contributed by atoms with van der Waals surface area (Å²) in [5.74, 6) is -1.10. The Kier molecular flexibility index (Phi) is 4.56. The normalized spacial score (nSPS) is 13.3. The summed E-state index contributed by atoms with van der Waals surface area (Å²) in [5.41, 5.74) is -0.871. The first kappa shape index (κ1) is 15.5. The first-order valence-electron chi connectivity index (χ1n) is 5.27. The molecule has 19 heavy (non-hydrogen) atoms. The van der Waals surface area contributed by atoms with E-state index in [0.29, 0.717) is 6.07 Å². The van der Waals surface area contributed by atoms with Crippen LogP contribution in [-0.4, -0.2) is 31.1 Å². The third kappa shape index (κ3) is 3.69. The minimum atomic E-state index is -4.04. The summed E-state index contributed by atoms with van der Waals surface area (Å²) in [6.07, 6.45) is -0.912. The number of nitrogens with one attached hydrogen (secondary N) is 1. The summed E-state index contributed by atoms with van der Waals surface area (Å²) in [7, 11) is -4.04. The van der Waals surface area contributed by atoms with E-state index < -0.39 is 32.6 Å². The van der Waals surface area contributed by atoms with Crippen molar-refractivity contribution in [2.24, 2.45) is 0 Å². The number of hydrogen-bond acceptors (Lipinski definition) is 5. The molecule has 2 N–H and O–H groups in total. The van der Waals surface area contributed by atoms with Crippen LogP contribution in [0, 0.1) is 22.9 Å². The second-order valence-electron chi connectivity index (χ2n) is 4.03. The van der Waals surface area contributed by atoms with Crippen LogP contribution in [0.25, 0.3) is 0 Å². The van der Waals surface area contributed by atoms with Crippen molar-refractivity contribution in [3.63, 3.8) is 0 Å². The molecule has 1 atom stereocenters. The average Bonchev–Trinajstić information content (AvgIpc) is 2.25. The second-order valence-corrected chi connectivity index (χ2v) is 5.76. The number of nitrogens with zero attached hydrogens (tertiary/aromatic N) is 1. The van der Waals surface area contributed by atoms with Crippen molar-refractivity contribution >= 4 is 15.7 Å². The van der Waals surface area contributed by atoms with Gasteiger partial charge in [0.2, 0.25) is 15.8 Å². The molecule has 9 heteroatoms. The van der Waals surface area contributed by atoms with Crippen molar-refractivity contribution in [3.05, 3.63) is 33.6 Å². The zero-order chi connectivity index (χ0) is 14.8. The Morgan fingerprint density at radius 1 is 1.53 bits per heavy atom. The lowest BCUT2D eigenvalue weighted by atomic mass is 10.2. The van der Waals surface area contributed by atoms with E-state index in [1.807, 2.05) is 0 Å². The van der Waals surface area contributed by atoms with Crippen LogP contribution in [0.2, 0.25) is 0 Å². The fraction of sp³-hybridized carbons (Fsp3) is 0.400. The van der Waals surface area contributed by atoms with Crippen LogP contribution in [0.15, 0.2) is 17.0 Å². The lowest BCUT2D eigenvalue weighted by Gasteiger charge is -2.10. The number of rotatable bonds is 5. The fourth-order valence-electron chi connectivity index (χ4n) is 1.38. The van der Waals surface area contributed by atoms with E-state index in [1.165, 1.54) is 13.8 Å². The van der Waals surface area contributed by atoms with Gasteiger partial charge in [-0.15, -0.1) is 0 Å². The molecule has 0 aliphatic rings. The fourth-order valence-corrected chi connectivity index (χ4v) is 2.75. The van der Waals surface area contributed by atoms with Crippen LogP contribution in [0.4, 0.5) is 10.1 Å². The van der Waals surface area contributed by atoms with E-state index in [0.717, 1.165) is 6.07 Å². The van der Waals surface area contributed by atoms with Crippen LogP contribution < -0.4 is 4.72 Å². The van der Waals surface area contributed by atoms with Gasteiger partial charge in [0.05, 0.1) is 15.9 Å². The zero-order valence-electron chi connectivity index (χ0n) is 10.3. The summed E-state index contributed by atoms with van der Waals surface area (Å²) in [6.45, 7) is 2.46. The maximum atomic E-state index is 13.3. The maximum absolute atomic E-state index is 13.3. The highest BCUT2D eigenvalue weighted by Gasteiger charge is 2.24. The van der Waals surface area contributed by atoms with Crippen molar-refractivity contribution in [1.82, 2.24) is 4.72 Å². The van der Waals surface area contributed by atoms with Gasteiger partial charge in [0.15, 0.2) is 0 Å². The number of nitro groups is 1. The van der Waals surface area contributed by atoms with Gasteiger partial charge in [0.25, 0.3) is 0 Å². The van der Waals surface area contributed by atoms with Crippen LogP contribution in [-0.2, 0) is 10.0 Å². The number of nitro benzene ring substituents is 1. The molecule has 1 aromatic carbocycles. The molecule has 0 amide bonds. The minimum absolute atomic E-state index is 0.0428. The largest absolute Gasteiger partial charge is 0.392 e. The molecule has 0 radical (unpaired) electrons. The smallest absolute Gasteiger partial charge is 0.306 e. The van der Waals surface area contributed by atoms with Gasteiger partial charge in [-0.05, 0) is 25.5 Å². The molecule has 0 saturated carbocycles. The molecule has 0 spiro atoms. The number of aryl methyl sites for hydroxylation is 1. The highest BCUT2D eigenvalue weighted by atomic mass is 32.2. The number of aliphatic hydroxyl groups excluding tert-OH is 1. The SMILES string of the molecule is Cc1cc(F)c([N+](=O)[O-])cc1S(=O)(=O)NC[C@H](C)O. The molecule has 0 aliphatic heterocycles. The summed E-state index contributed by atoms with van der Waals surface area (Å²) in [6, 6.07) is 1.45. The number of benzene rings is 1. The monoisotopic (exact) mass is 292 g/mol. The first-order valence-corrected chi connectivity index (χ1v) is 6.75. The molecule has 1 aromatic rings. The molecule has 1 rings (SSSR count). The van der Waals surface area contributed by atoms with Gasteiger partial charge in [-0.1, -0.05) is 0 Å². The molecule has 0 saturated heterocycles. The predicted octanol–water partition coefficient (Wildman–Crippen LogP) is 0.701. The van der Waals surface area contributed by atoms with Crippen LogP contribution in [0.3, 0.4) is 0 Å². The Hall–Kier alpha value is -1.58. The van der Waals surface area contributed by atoms with Crippen molar-refractivity contribution < 1.29 is 22.8 Å². The first-order chi connectivity index (χ1) is 8.65. The number of aliphatic hydroxyl groups is 1. The molecule has 0 aromatic heterocycles. The van der Waals surface area contributed by atoms with E-state index in [2.05, 4.69) is 4.72 Å². The maximum Gasteiger partial charge on any atom is 0.306 e. The van der Waals surface area contributed by atoms with E-state index in [1.54, 1.807) is 0 Å². The molecule has 0 bridgehead atoms. The van der Waals surface area contributed by atoms with Crippen molar-refractivity contribution in [2.75, 3.05) is 6.54 Å². The van der Waals surface area contributed by atoms with E-state index in [4.69, 9.17) is 5.11 Å². The summed E-state index contributed by atoms with van der Waals surface area (Å²) < 4.78 is 39.1. The van der Waals surface area contributed by atoms with Crippen molar-refractivity contribution in [3.8, 4) is 0 Å². The van der Waals surface area contributed by atoms with Crippen LogP contribution in [0.5, 0.6) is 0 Å². The predicted molar refractivity (Wildman–Crippen MR) is 64.7 cm³/mol. The summed E-state index contributed by atoms with van der Waals surface area (Å²) in [4.78, 5) is 9.20. The molecule has 0 fully saturated rings. The second kappa shape index (κ2) is 5.59.